The molecule has 0 spiro atoms. The Morgan fingerprint density at radius 3 is 2.48 bits per heavy atom. The summed E-state index contributed by atoms with van der Waals surface area (Å²) in [5.74, 6) is -1.48. The lowest BCUT2D eigenvalue weighted by Gasteiger charge is -2.14. The second-order valence-electron chi connectivity index (χ2n) is 7.16. The van der Waals surface area contributed by atoms with Gasteiger partial charge in [-0.05, 0) is 47.9 Å². The Morgan fingerprint density at radius 1 is 0.970 bits per heavy atom. The van der Waals surface area contributed by atoms with Crippen molar-refractivity contribution in [1.82, 2.24) is 4.98 Å². The molecular formula is C23H17ClFN3O4S. The van der Waals surface area contributed by atoms with Crippen molar-refractivity contribution in [2.45, 2.75) is 11.3 Å². The molecule has 0 aliphatic heterocycles. The summed E-state index contributed by atoms with van der Waals surface area (Å²) in [5.41, 5.74) is 0.525. The van der Waals surface area contributed by atoms with Gasteiger partial charge in [-0.3, -0.25) is 14.3 Å². The third-order valence-electron chi connectivity index (χ3n) is 4.81. The maximum atomic E-state index is 14.0. The Kier molecular flexibility index (Phi) is 6.17. The van der Waals surface area contributed by atoms with Crippen molar-refractivity contribution in [2.24, 2.45) is 0 Å². The van der Waals surface area contributed by atoms with Crippen LogP contribution in [0.25, 0.3) is 10.9 Å². The zero-order valence-corrected chi connectivity index (χ0v) is 18.5. The van der Waals surface area contributed by atoms with Crippen molar-refractivity contribution in [1.29, 1.82) is 0 Å². The number of H-pyrrole nitrogens is 1. The second-order valence-corrected chi connectivity index (χ2v) is 9.25. The topological polar surface area (TPSA) is 108 Å². The Bertz CT molecular complexity index is 1540. The van der Waals surface area contributed by atoms with Gasteiger partial charge in [0, 0.05) is 16.1 Å². The smallest absolute Gasteiger partial charge is 0.264 e. The first kappa shape index (κ1) is 22.5. The van der Waals surface area contributed by atoms with Gasteiger partial charge in [-0.2, -0.15) is 0 Å². The van der Waals surface area contributed by atoms with E-state index in [9.17, 15) is 22.4 Å². The van der Waals surface area contributed by atoms with Crippen LogP contribution in [0.2, 0.25) is 5.02 Å². The molecule has 0 atom stereocenters. The summed E-state index contributed by atoms with van der Waals surface area (Å²) in [6.45, 7) is 0. The highest BCUT2D eigenvalue weighted by molar-refractivity contribution is 7.92. The normalized spacial score (nSPS) is 11.3. The quantitative estimate of drug-likeness (QED) is 0.378. The van der Waals surface area contributed by atoms with Crippen LogP contribution < -0.4 is 15.6 Å². The van der Waals surface area contributed by atoms with Crippen LogP contribution in [0.5, 0.6) is 0 Å². The molecule has 4 rings (SSSR count). The fourth-order valence-corrected chi connectivity index (χ4v) is 4.59. The van der Waals surface area contributed by atoms with Gasteiger partial charge in [-0.1, -0.05) is 41.9 Å². The second kappa shape index (κ2) is 9.05. The van der Waals surface area contributed by atoms with Gasteiger partial charge < -0.3 is 10.3 Å². The van der Waals surface area contributed by atoms with Crippen LogP contribution in [-0.2, 0) is 21.2 Å². The van der Waals surface area contributed by atoms with Crippen molar-refractivity contribution in [2.75, 3.05) is 10.0 Å². The summed E-state index contributed by atoms with van der Waals surface area (Å²) >= 11 is 6.02. The molecule has 0 saturated heterocycles. The van der Waals surface area contributed by atoms with Crippen molar-refractivity contribution in [3.05, 3.63) is 99.6 Å². The number of nitrogens with one attached hydrogen (secondary N) is 3. The zero-order chi connectivity index (χ0) is 23.6. The Morgan fingerprint density at radius 2 is 1.70 bits per heavy atom. The number of sulfonamides is 1. The van der Waals surface area contributed by atoms with Crippen LogP contribution in [0.1, 0.15) is 5.56 Å². The summed E-state index contributed by atoms with van der Waals surface area (Å²) in [7, 11) is -4.28. The number of anilines is 2. The first-order chi connectivity index (χ1) is 15.7. The number of benzene rings is 3. The molecule has 0 saturated carbocycles. The Balaban J connectivity index is 1.59. The average Bonchev–Trinajstić information content (AvgIpc) is 2.76. The molecule has 168 valence electrons. The van der Waals surface area contributed by atoms with E-state index in [2.05, 4.69) is 15.0 Å². The highest BCUT2D eigenvalue weighted by atomic mass is 35.5. The number of aromatic amines is 1. The number of fused-ring (bicyclic) bond motifs is 1. The number of rotatable bonds is 6. The number of hydrogen-bond acceptors (Lipinski definition) is 4. The van der Waals surface area contributed by atoms with E-state index in [1.165, 1.54) is 30.3 Å². The molecule has 3 aromatic carbocycles. The van der Waals surface area contributed by atoms with E-state index in [0.29, 0.717) is 5.52 Å². The highest BCUT2D eigenvalue weighted by Gasteiger charge is 2.21. The van der Waals surface area contributed by atoms with Crippen LogP contribution in [0, 0.1) is 5.82 Å². The van der Waals surface area contributed by atoms with E-state index < -0.39 is 32.2 Å². The molecule has 3 N–H and O–H groups in total. The fraction of sp³-hybridized carbons (Fsp3) is 0.0435. The maximum Gasteiger partial charge on any atom is 0.264 e. The number of amides is 1. The van der Waals surface area contributed by atoms with Crippen LogP contribution in [0.3, 0.4) is 0 Å². The number of aromatic nitrogens is 1. The van der Waals surface area contributed by atoms with Crippen molar-refractivity contribution >= 4 is 49.8 Å². The molecule has 10 heteroatoms. The van der Waals surface area contributed by atoms with Gasteiger partial charge >= 0.3 is 0 Å². The van der Waals surface area contributed by atoms with Crippen LogP contribution in [-0.4, -0.2) is 19.3 Å². The third kappa shape index (κ3) is 5.05. The van der Waals surface area contributed by atoms with E-state index in [1.807, 2.05) is 6.07 Å². The lowest BCUT2D eigenvalue weighted by Crippen LogP contribution is -2.22. The average molecular weight is 486 g/mol. The number of para-hydroxylation sites is 1. The van der Waals surface area contributed by atoms with Crippen LogP contribution >= 0.6 is 11.6 Å². The summed E-state index contributed by atoms with van der Waals surface area (Å²) in [6.07, 6.45) is -0.258. The first-order valence-corrected chi connectivity index (χ1v) is 11.6. The standard InChI is InChI=1S/C23H17ClFN3O4S/c24-16-9-10-19(28-33(31,32)21-8-4-2-6-17(21)25)20(13-16)26-22(29)12-15-11-14-5-1-3-7-18(14)27-23(15)30/h1-11,13,28H,12H2,(H,26,29)(H,27,30). The van der Waals surface area contributed by atoms with Gasteiger partial charge in [0.25, 0.3) is 15.6 Å². The van der Waals surface area contributed by atoms with Gasteiger partial charge in [0.15, 0.2) is 0 Å². The molecule has 0 radical (unpaired) electrons. The Hall–Kier alpha value is -3.69. The van der Waals surface area contributed by atoms with E-state index in [4.69, 9.17) is 11.6 Å². The highest BCUT2D eigenvalue weighted by Crippen LogP contribution is 2.29. The number of carbonyl (C=O) groups excluding carboxylic acids is 1. The predicted octanol–water partition coefficient (Wildman–Crippen LogP) is 4.30. The molecule has 7 nitrogen and oxygen atoms in total. The molecule has 4 aromatic rings. The molecule has 0 aliphatic carbocycles. The minimum atomic E-state index is -4.28. The lowest BCUT2D eigenvalue weighted by atomic mass is 10.1. The molecule has 1 amide bonds. The summed E-state index contributed by atoms with van der Waals surface area (Å²) in [4.78, 5) is 27.2. The largest absolute Gasteiger partial charge is 0.324 e. The molecular weight excluding hydrogens is 469 g/mol. The van der Waals surface area contributed by atoms with Crippen LogP contribution in [0.4, 0.5) is 15.8 Å². The van der Waals surface area contributed by atoms with Crippen LogP contribution in [0.15, 0.2) is 82.5 Å². The molecule has 1 aromatic heterocycles. The monoisotopic (exact) mass is 485 g/mol. The summed E-state index contributed by atoms with van der Waals surface area (Å²) < 4.78 is 41.6. The molecule has 0 bridgehead atoms. The van der Waals surface area contributed by atoms with Gasteiger partial charge in [0.05, 0.1) is 17.8 Å². The Labute approximate surface area is 193 Å². The van der Waals surface area contributed by atoms with Crippen molar-refractivity contribution < 1.29 is 17.6 Å². The SMILES string of the molecule is O=C(Cc1cc2ccccc2[nH]c1=O)Nc1cc(Cl)ccc1NS(=O)(=O)c1ccccc1F. The number of carbonyl (C=O) groups is 1. The van der Waals surface area contributed by atoms with E-state index in [1.54, 1.807) is 24.3 Å². The molecule has 1 heterocycles. The van der Waals surface area contributed by atoms with Gasteiger partial charge in [0.1, 0.15) is 10.7 Å². The molecule has 0 aliphatic rings. The number of pyridine rings is 1. The van der Waals surface area contributed by atoms with Gasteiger partial charge in [0.2, 0.25) is 5.91 Å². The molecule has 0 fully saturated rings. The maximum absolute atomic E-state index is 14.0. The van der Waals surface area contributed by atoms with Gasteiger partial charge in [-0.25, -0.2) is 12.8 Å². The van der Waals surface area contributed by atoms with E-state index >= 15 is 0 Å². The minimum Gasteiger partial charge on any atom is -0.324 e. The number of hydrogen-bond donors (Lipinski definition) is 3. The lowest BCUT2D eigenvalue weighted by molar-refractivity contribution is -0.115. The van der Waals surface area contributed by atoms with Crippen molar-refractivity contribution in [3.63, 3.8) is 0 Å². The van der Waals surface area contributed by atoms with E-state index in [0.717, 1.165) is 17.5 Å². The predicted molar refractivity (Wildman–Crippen MR) is 126 cm³/mol. The summed E-state index contributed by atoms with van der Waals surface area (Å²) in [5, 5.41) is 3.57. The minimum absolute atomic E-state index is 0.0107. The molecule has 0 unspecified atom stereocenters. The van der Waals surface area contributed by atoms with Gasteiger partial charge in [-0.15, -0.1) is 0 Å². The number of halogens is 2. The third-order valence-corrected chi connectivity index (χ3v) is 6.44. The first-order valence-electron chi connectivity index (χ1n) is 9.70. The van der Waals surface area contributed by atoms with Crippen molar-refractivity contribution in [3.8, 4) is 0 Å². The van der Waals surface area contributed by atoms with E-state index in [-0.39, 0.29) is 28.4 Å². The fourth-order valence-electron chi connectivity index (χ4n) is 3.26. The molecule has 33 heavy (non-hydrogen) atoms. The zero-order valence-electron chi connectivity index (χ0n) is 16.9. The summed E-state index contributed by atoms with van der Waals surface area (Å²) in [6, 6.07) is 17.8.